The predicted molar refractivity (Wildman–Crippen MR) is 111 cm³/mol. The molecule has 1 aliphatic heterocycles. The van der Waals surface area contributed by atoms with Crippen LogP contribution in [0.25, 0.3) is 16.5 Å². The monoisotopic (exact) mass is 382 g/mol. The van der Waals surface area contributed by atoms with E-state index in [2.05, 4.69) is 23.5 Å². The second-order valence-electron chi connectivity index (χ2n) is 6.74. The molecule has 2 amide bonds. The van der Waals surface area contributed by atoms with Gasteiger partial charge >= 0.3 is 0 Å². The molecule has 0 saturated carbocycles. The fraction of sp³-hybridized carbons (Fsp3) is 0.364. The SMILES string of the molecule is O=C(/C=C/c1ccc(-c2ccccc2)s1)NCCC(=O)N1CCCCCC1. The molecule has 4 nitrogen and oxygen atoms in total. The molecule has 1 aromatic carbocycles. The van der Waals surface area contributed by atoms with Crippen molar-refractivity contribution in [2.24, 2.45) is 0 Å². The van der Waals surface area contributed by atoms with Crippen molar-refractivity contribution in [2.45, 2.75) is 32.1 Å². The van der Waals surface area contributed by atoms with Gasteiger partial charge in [-0.1, -0.05) is 43.2 Å². The number of carbonyl (C=O) groups is 2. The van der Waals surface area contributed by atoms with Crippen LogP contribution >= 0.6 is 11.3 Å². The van der Waals surface area contributed by atoms with E-state index in [1.165, 1.54) is 29.4 Å². The van der Waals surface area contributed by atoms with Gasteiger partial charge in [0.15, 0.2) is 0 Å². The number of rotatable bonds is 6. The molecular formula is C22H26N2O2S. The van der Waals surface area contributed by atoms with E-state index in [4.69, 9.17) is 0 Å². The first-order valence-electron chi connectivity index (χ1n) is 9.61. The lowest BCUT2D eigenvalue weighted by molar-refractivity contribution is -0.131. The van der Waals surface area contributed by atoms with Crippen LogP contribution in [0, 0.1) is 0 Å². The van der Waals surface area contributed by atoms with Gasteiger partial charge in [-0.05, 0) is 36.6 Å². The largest absolute Gasteiger partial charge is 0.352 e. The van der Waals surface area contributed by atoms with Gasteiger partial charge in [0.25, 0.3) is 0 Å². The lowest BCUT2D eigenvalue weighted by Gasteiger charge is -2.20. The van der Waals surface area contributed by atoms with Crippen LogP contribution < -0.4 is 5.32 Å². The molecule has 1 aliphatic rings. The maximum Gasteiger partial charge on any atom is 0.244 e. The van der Waals surface area contributed by atoms with Crippen molar-refractivity contribution < 1.29 is 9.59 Å². The first-order valence-corrected chi connectivity index (χ1v) is 10.4. The van der Waals surface area contributed by atoms with Gasteiger partial charge in [-0.25, -0.2) is 0 Å². The second-order valence-corrected chi connectivity index (χ2v) is 7.85. The number of thiophene rings is 1. The first kappa shape index (κ1) is 19.4. The molecule has 0 atom stereocenters. The highest BCUT2D eigenvalue weighted by Gasteiger charge is 2.14. The third-order valence-corrected chi connectivity index (χ3v) is 5.78. The maximum atomic E-state index is 12.2. The van der Waals surface area contributed by atoms with Gasteiger partial charge < -0.3 is 10.2 Å². The number of amides is 2. The van der Waals surface area contributed by atoms with Crippen LogP contribution in [0.2, 0.25) is 0 Å². The minimum atomic E-state index is -0.159. The number of carbonyl (C=O) groups excluding carboxylic acids is 2. The summed E-state index contributed by atoms with van der Waals surface area (Å²) < 4.78 is 0. The molecular weight excluding hydrogens is 356 g/mol. The van der Waals surface area contributed by atoms with E-state index < -0.39 is 0 Å². The fourth-order valence-electron chi connectivity index (χ4n) is 3.19. The zero-order valence-electron chi connectivity index (χ0n) is 15.5. The van der Waals surface area contributed by atoms with Gasteiger partial charge in [-0.2, -0.15) is 0 Å². The predicted octanol–water partition coefficient (Wildman–Crippen LogP) is 4.34. The molecule has 2 heterocycles. The third kappa shape index (κ3) is 6.07. The molecule has 1 fully saturated rings. The molecule has 1 aromatic heterocycles. The Balaban J connectivity index is 1.42. The van der Waals surface area contributed by atoms with Crippen LogP contribution in [0.5, 0.6) is 0 Å². The Bertz CT molecular complexity index is 775. The first-order chi connectivity index (χ1) is 13.2. The molecule has 2 aromatic rings. The Hall–Kier alpha value is -2.40. The number of hydrogen-bond acceptors (Lipinski definition) is 3. The van der Waals surface area contributed by atoms with Crippen molar-refractivity contribution in [3.8, 4) is 10.4 Å². The Morgan fingerprint density at radius 1 is 1.00 bits per heavy atom. The third-order valence-electron chi connectivity index (χ3n) is 4.68. The van der Waals surface area contributed by atoms with Crippen LogP contribution in [0.4, 0.5) is 0 Å². The molecule has 0 unspecified atom stereocenters. The molecule has 3 rings (SSSR count). The molecule has 1 N–H and O–H groups in total. The van der Waals surface area contributed by atoms with Crippen LogP contribution in [-0.2, 0) is 9.59 Å². The average Bonchev–Trinajstić information content (AvgIpc) is 3.00. The van der Waals surface area contributed by atoms with Gasteiger partial charge in [0.05, 0.1) is 0 Å². The Morgan fingerprint density at radius 2 is 1.74 bits per heavy atom. The van der Waals surface area contributed by atoms with Gasteiger partial charge in [-0.3, -0.25) is 9.59 Å². The molecule has 27 heavy (non-hydrogen) atoms. The second kappa shape index (κ2) is 10.1. The summed E-state index contributed by atoms with van der Waals surface area (Å²) >= 11 is 1.65. The average molecular weight is 383 g/mol. The van der Waals surface area contributed by atoms with Crippen molar-refractivity contribution in [3.05, 3.63) is 53.4 Å². The minimum absolute atomic E-state index is 0.145. The summed E-state index contributed by atoms with van der Waals surface area (Å²) in [6.45, 7) is 2.10. The molecule has 142 valence electrons. The number of hydrogen-bond donors (Lipinski definition) is 1. The van der Waals surface area contributed by atoms with Crippen LogP contribution in [0.3, 0.4) is 0 Å². The molecule has 0 bridgehead atoms. The van der Waals surface area contributed by atoms with Crippen molar-refractivity contribution in [1.82, 2.24) is 10.2 Å². The minimum Gasteiger partial charge on any atom is -0.352 e. The van der Waals surface area contributed by atoms with E-state index >= 15 is 0 Å². The highest BCUT2D eigenvalue weighted by Crippen LogP contribution is 2.28. The van der Waals surface area contributed by atoms with Crippen molar-refractivity contribution >= 4 is 29.2 Å². The Morgan fingerprint density at radius 3 is 2.48 bits per heavy atom. The molecule has 0 radical (unpaired) electrons. The topological polar surface area (TPSA) is 49.4 Å². The van der Waals surface area contributed by atoms with E-state index in [0.29, 0.717) is 13.0 Å². The van der Waals surface area contributed by atoms with E-state index in [1.54, 1.807) is 11.3 Å². The quantitative estimate of drug-likeness (QED) is 0.756. The summed E-state index contributed by atoms with van der Waals surface area (Å²) in [4.78, 5) is 28.3. The maximum absolute atomic E-state index is 12.2. The molecule has 0 aliphatic carbocycles. The number of nitrogens with one attached hydrogen (secondary N) is 1. The highest BCUT2D eigenvalue weighted by atomic mass is 32.1. The van der Waals surface area contributed by atoms with Crippen LogP contribution in [0.1, 0.15) is 37.0 Å². The lowest BCUT2D eigenvalue weighted by atomic mass is 10.2. The number of likely N-dealkylation sites (tertiary alicyclic amines) is 1. The summed E-state index contributed by atoms with van der Waals surface area (Å²) in [5.41, 5.74) is 1.18. The molecule has 0 spiro atoms. The fourth-order valence-corrected chi connectivity index (χ4v) is 4.10. The van der Waals surface area contributed by atoms with Gasteiger partial charge in [-0.15, -0.1) is 11.3 Å². The summed E-state index contributed by atoms with van der Waals surface area (Å²) in [6.07, 6.45) is 8.33. The zero-order chi connectivity index (χ0) is 18.9. The summed E-state index contributed by atoms with van der Waals surface area (Å²) in [7, 11) is 0. The van der Waals surface area contributed by atoms with E-state index in [1.807, 2.05) is 35.2 Å². The summed E-state index contributed by atoms with van der Waals surface area (Å²) in [5, 5.41) is 2.81. The number of nitrogens with zero attached hydrogens (tertiary/aromatic N) is 1. The normalized spacial score (nSPS) is 14.9. The summed E-state index contributed by atoms with van der Waals surface area (Å²) in [5.74, 6) is -0.0136. The van der Waals surface area contributed by atoms with Crippen molar-refractivity contribution in [1.29, 1.82) is 0 Å². The Labute approximate surface area is 164 Å². The van der Waals surface area contributed by atoms with E-state index in [9.17, 15) is 9.59 Å². The lowest BCUT2D eigenvalue weighted by Crippen LogP contribution is -2.34. The van der Waals surface area contributed by atoms with E-state index in [-0.39, 0.29) is 11.8 Å². The van der Waals surface area contributed by atoms with Crippen LogP contribution in [-0.4, -0.2) is 36.3 Å². The van der Waals surface area contributed by atoms with Crippen molar-refractivity contribution in [2.75, 3.05) is 19.6 Å². The molecule has 5 heteroatoms. The molecule has 1 saturated heterocycles. The van der Waals surface area contributed by atoms with E-state index in [0.717, 1.165) is 30.8 Å². The van der Waals surface area contributed by atoms with Gasteiger partial charge in [0, 0.05) is 41.9 Å². The van der Waals surface area contributed by atoms with Crippen molar-refractivity contribution in [3.63, 3.8) is 0 Å². The standard InChI is InChI=1S/C22H26N2O2S/c25-21(23-15-14-22(26)24-16-6-1-2-7-17-24)13-11-19-10-12-20(27-19)18-8-4-3-5-9-18/h3-5,8-13H,1-2,6-7,14-17H2,(H,23,25)/b13-11+. The zero-order valence-corrected chi connectivity index (χ0v) is 16.3. The summed E-state index contributed by atoms with van der Waals surface area (Å²) in [6, 6.07) is 14.3. The Kier molecular flexibility index (Phi) is 7.22. The van der Waals surface area contributed by atoms with Crippen LogP contribution in [0.15, 0.2) is 48.5 Å². The van der Waals surface area contributed by atoms with Gasteiger partial charge in [0.1, 0.15) is 0 Å². The smallest absolute Gasteiger partial charge is 0.244 e. The highest BCUT2D eigenvalue weighted by molar-refractivity contribution is 7.16. The van der Waals surface area contributed by atoms with Gasteiger partial charge in [0.2, 0.25) is 11.8 Å². The number of benzene rings is 1.